The average molecular weight is 381 g/mol. The SMILES string of the molecule is C[C@H](C(=O)NCCc1cccs1)[NH+](C)CC(=O)Nc1ccccc1Cl. The molecule has 0 spiro atoms. The second-order valence-corrected chi connectivity index (χ2v) is 7.33. The van der Waals surface area contributed by atoms with Crippen LogP contribution in [0.1, 0.15) is 11.8 Å². The summed E-state index contributed by atoms with van der Waals surface area (Å²) in [6.45, 7) is 2.60. The van der Waals surface area contributed by atoms with E-state index in [0.29, 0.717) is 17.3 Å². The van der Waals surface area contributed by atoms with Gasteiger partial charge in [0, 0.05) is 11.4 Å². The number of anilines is 1. The van der Waals surface area contributed by atoms with E-state index in [9.17, 15) is 9.59 Å². The number of para-hydroxylation sites is 1. The lowest BCUT2D eigenvalue weighted by Gasteiger charge is -2.20. The van der Waals surface area contributed by atoms with Crippen LogP contribution in [0.2, 0.25) is 5.02 Å². The standard InChI is InChI=1S/C18H22ClN3O2S/c1-13(18(24)20-10-9-14-6-5-11-25-14)22(2)12-17(23)21-16-8-4-3-7-15(16)19/h3-8,11,13H,9-10,12H2,1-2H3,(H,20,24)(H,21,23)/p+1/t13-/m1/s1. The van der Waals surface area contributed by atoms with Crippen molar-refractivity contribution in [2.45, 2.75) is 19.4 Å². The van der Waals surface area contributed by atoms with Crippen molar-refractivity contribution in [1.82, 2.24) is 5.32 Å². The third-order valence-electron chi connectivity index (χ3n) is 3.97. The Bertz CT molecular complexity index is 706. The first-order valence-electron chi connectivity index (χ1n) is 8.14. The molecular formula is C18H23ClN3O2S+. The van der Waals surface area contributed by atoms with E-state index in [1.165, 1.54) is 4.88 Å². The van der Waals surface area contributed by atoms with Crippen molar-refractivity contribution < 1.29 is 14.5 Å². The molecule has 7 heteroatoms. The summed E-state index contributed by atoms with van der Waals surface area (Å²) in [6.07, 6.45) is 0.822. The summed E-state index contributed by atoms with van der Waals surface area (Å²) in [5.41, 5.74) is 0.579. The molecule has 2 atom stereocenters. The molecule has 25 heavy (non-hydrogen) atoms. The molecule has 2 rings (SSSR count). The molecule has 5 nitrogen and oxygen atoms in total. The van der Waals surface area contributed by atoms with Crippen LogP contribution in [0.3, 0.4) is 0 Å². The number of rotatable bonds is 8. The van der Waals surface area contributed by atoms with Crippen LogP contribution < -0.4 is 15.5 Å². The van der Waals surface area contributed by atoms with Gasteiger partial charge in [0.15, 0.2) is 12.6 Å². The van der Waals surface area contributed by atoms with E-state index < -0.39 is 0 Å². The van der Waals surface area contributed by atoms with Gasteiger partial charge in [0.25, 0.3) is 11.8 Å². The molecule has 1 unspecified atom stereocenters. The van der Waals surface area contributed by atoms with Gasteiger partial charge in [-0.2, -0.15) is 0 Å². The summed E-state index contributed by atoms with van der Waals surface area (Å²) in [5.74, 6) is -0.233. The van der Waals surface area contributed by atoms with Gasteiger partial charge in [-0.05, 0) is 36.9 Å². The average Bonchev–Trinajstić information content (AvgIpc) is 3.09. The Balaban J connectivity index is 1.76. The van der Waals surface area contributed by atoms with Crippen LogP contribution in [-0.2, 0) is 16.0 Å². The first-order chi connectivity index (χ1) is 12.0. The lowest BCUT2D eigenvalue weighted by Crippen LogP contribution is -3.15. The van der Waals surface area contributed by atoms with E-state index in [2.05, 4.69) is 16.7 Å². The van der Waals surface area contributed by atoms with Crippen molar-refractivity contribution in [2.75, 3.05) is 25.5 Å². The van der Waals surface area contributed by atoms with Crippen molar-refractivity contribution in [2.24, 2.45) is 0 Å². The van der Waals surface area contributed by atoms with E-state index in [0.717, 1.165) is 11.3 Å². The minimum atomic E-state index is -0.319. The molecule has 0 aliphatic heterocycles. The zero-order chi connectivity index (χ0) is 18.2. The van der Waals surface area contributed by atoms with E-state index in [1.807, 2.05) is 31.5 Å². The number of likely N-dealkylation sites (N-methyl/N-ethyl adjacent to an activating group) is 1. The van der Waals surface area contributed by atoms with Gasteiger partial charge < -0.3 is 15.5 Å². The number of nitrogens with one attached hydrogen (secondary N) is 3. The van der Waals surface area contributed by atoms with Crippen molar-refractivity contribution in [3.8, 4) is 0 Å². The molecule has 2 aromatic rings. The van der Waals surface area contributed by atoms with E-state index in [-0.39, 0.29) is 24.4 Å². The van der Waals surface area contributed by atoms with Crippen LogP contribution in [0, 0.1) is 0 Å². The van der Waals surface area contributed by atoms with Gasteiger partial charge in [-0.1, -0.05) is 29.8 Å². The molecule has 3 N–H and O–H groups in total. The summed E-state index contributed by atoms with van der Waals surface area (Å²) in [6, 6.07) is 10.8. The smallest absolute Gasteiger partial charge is 0.279 e. The summed E-state index contributed by atoms with van der Waals surface area (Å²) >= 11 is 7.71. The third-order valence-corrected chi connectivity index (χ3v) is 5.24. The Morgan fingerprint density at radius 3 is 2.68 bits per heavy atom. The number of hydrogen-bond acceptors (Lipinski definition) is 3. The predicted molar refractivity (Wildman–Crippen MR) is 102 cm³/mol. The Hall–Kier alpha value is -1.89. The van der Waals surface area contributed by atoms with Crippen LogP contribution in [0.4, 0.5) is 5.69 Å². The lowest BCUT2D eigenvalue weighted by molar-refractivity contribution is -0.885. The second kappa shape index (κ2) is 9.56. The fourth-order valence-electron chi connectivity index (χ4n) is 2.30. The fraction of sp³-hybridized carbons (Fsp3) is 0.333. The van der Waals surface area contributed by atoms with Gasteiger partial charge in [0.05, 0.1) is 17.8 Å². The zero-order valence-corrected chi connectivity index (χ0v) is 15.9. The van der Waals surface area contributed by atoms with Crippen molar-refractivity contribution in [1.29, 1.82) is 0 Å². The maximum Gasteiger partial charge on any atom is 0.279 e. The molecule has 0 fully saturated rings. The van der Waals surface area contributed by atoms with Crippen molar-refractivity contribution >= 4 is 40.4 Å². The Labute approximate surface area is 157 Å². The molecule has 1 aromatic heterocycles. The quantitative estimate of drug-likeness (QED) is 0.651. The Kier molecular flexibility index (Phi) is 7.43. The number of halogens is 1. The number of quaternary nitrogens is 1. The fourth-order valence-corrected chi connectivity index (χ4v) is 3.20. The Morgan fingerprint density at radius 2 is 2.00 bits per heavy atom. The lowest BCUT2D eigenvalue weighted by atomic mass is 10.2. The number of amides is 2. The van der Waals surface area contributed by atoms with E-state index in [4.69, 9.17) is 11.6 Å². The maximum atomic E-state index is 12.2. The molecule has 0 saturated carbocycles. The van der Waals surface area contributed by atoms with Gasteiger partial charge >= 0.3 is 0 Å². The van der Waals surface area contributed by atoms with Gasteiger partial charge in [0.1, 0.15) is 0 Å². The highest BCUT2D eigenvalue weighted by molar-refractivity contribution is 7.09. The van der Waals surface area contributed by atoms with E-state index in [1.54, 1.807) is 29.5 Å². The van der Waals surface area contributed by atoms with E-state index >= 15 is 0 Å². The van der Waals surface area contributed by atoms with Crippen LogP contribution >= 0.6 is 22.9 Å². The molecule has 0 radical (unpaired) electrons. The molecule has 0 bridgehead atoms. The maximum absolute atomic E-state index is 12.2. The number of hydrogen-bond donors (Lipinski definition) is 3. The Morgan fingerprint density at radius 1 is 1.24 bits per heavy atom. The normalized spacial score (nSPS) is 13.1. The number of carbonyl (C=O) groups is 2. The second-order valence-electron chi connectivity index (χ2n) is 5.89. The summed E-state index contributed by atoms with van der Waals surface area (Å²) in [5, 5.41) is 8.22. The minimum Gasteiger partial charge on any atom is -0.351 e. The van der Waals surface area contributed by atoms with Crippen molar-refractivity contribution in [3.63, 3.8) is 0 Å². The van der Waals surface area contributed by atoms with Crippen LogP contribution in [-0.4, -0.2) is 38.0 Å². The van der Waals surface area contributed by atoms with Gasteiger partial charge in [-0.15, -0.1) is 11.3 Å². The molecular weight excluding hydrogens is 358 g/mol. The monoisotopic (exact) mass is 380 g/mol. The topological polar surface area (TPSA) is 62.6 Å². The minimum absolute atomic E-state index is 0.0559. The molecule has 0 aliphatic rings. The summed E-state index contributed by atoms with van der Waals surface area (Å²) < 4.78 is 0. The van der Waals surface area contributed by atoms with Crippen LogP contribution in [0.25, 0.3) is 0 Å². The first-order valence-corrected chi connectivity index (χ1v) is 9.40. The molecule has 2 amide bonds. The highest BCUT2D eigenvalue weighted by Gasteiger charge is 2.23. The predicted octanol–water partition coefficient (Wildman–Crippen LogP) is 1.60. The first kappa shape index (κ1) is 19.4. The van der Waals surface area contributed by atoms with Crippen LogP contribution in [0.5, 0.6) is 0 Å². The third kappa shape index (κ3) is 6.16. The van der Waals surface area contributed by atoms with Crippen LogP contribution in [0.15, 0.2) is 41.8 Å². The highest BCUT2D eigenvalue weighted by atomic mass is 35.5. The van der Waals surface area contributed by atoms with Crippen molar-refractivity contribution in [3.05, 3.63) is 51.7 Å². The number of thiophene rings is 1. The molecule has 1 heterocycles. The zero-order valence-electron chi connectivity index (χ0n) is 14.3. The van der Waals surface area contributed by atoms with Gasteiger partial charge in [0.2, 0.25) is 0 Å². The highest BCUT2D eigenvalue weighted by Crippen LogP contribution is 2.19. The largest absolute Gasteiger partial charge is 0.351 e. The number of carbonyl (C=O) groups excluding carboxylic acids is 2. The summed E-state index contributed by atoms with van der Waals surface area (Å²) in [7, 11) is 1.83. The molecule has 0 saturated heterocycles. The molecule has 0 aliphatic carbocycles. The number of benzene rings is 1. The summed E-state index contributed by atoms with van der Waals surface area (Å²) in [4.78, 5) is 26.4. The van der Waals surface area contributed by atoms with Gasteiger partial charge in [-0.3, -0.25) is 9.59 Å². The molecule has 1 aromatic carbocycles. The molecule has 134 valence electrons. The van der Waals surface area contributed by atoms with Gasteiger partial charge in [-0.25, -0.2) is 0 Å².